The van der Waals surface area contributed by atoms with Crippen LogP contribution in [0.25, 0.3) is 0 Å². The molecule has 0 saturated heterocycles. The Morgan fingerprint density at radius 1 is 1.29 bits per heavy atom. The molecule has 0 aromatic heterocycles. The lowest BCUT2D eigenvalue weighted by molar-refractivity contribution is 0.0480. The van der Waals surface area contributed by atoms with Crippen LogP contribution in [0.5, 0.6) is 0 Å². The van der Waals surface area contributed by atoms with Crippen LogP contribution in [0.15, 0.2) is 24.3 Å². The number of nitrogens with one attached hydrogen (secondary N) is 1. The molecule has 0 atom stereocenters. The average molecular weight is 237 g/mol. The minimum Gasteiger partial charge on any atom is -0.389 e. The molecular formula is C14H20FNO. The largest absolute Gasteiger partial charge is 0.389 e. The van der Waals surface area contributed by atoms with Crippen molar-refractivity contribution in [3.8, 4) is 0 Å². The first-order valence-electron chi connectivity index (χ1n) is 6.36. The van der Waals surface area contributed by atoms with Crippen molar-refractivity contribution in [3.05, 3.63) is 35.6 Å². The lowest BCUT2D eigenvalue weighted by atomic mass is 10.0. The lowest BCUT2D eigenvalue weighted by Crippen LogP contribution is -2.38. The van der Waals surface area contributed by atoms with Crippen LogP contribution in [0, 0.1) is 5.82 Å². The van der Waals surface area contributed by atoms with Gasteiger partial charge in [0.25, 0.3) is 0 Å². The number of aliphatic hydroxyl groups is 1. The first-order valence-corrected chi connectivity index (χ1v) is 6.36. The Bertz CT molecular complexity index is 361. The van der Waals surface area contributed by atoms with Gasteiger partial charge in [-0.15, -0.1) is 0 Å². The Hall–Kier alpha value is -0.930. The molecule has 2 rings (SSSR count). The molecule has 0 aliphatic heterocycles. The van der Waals surface area contributed by atoms with Crippen molar-refractivity contribution in [1.82, 2.24) is 5.32 Å². The summed E-state index contributed by atoms with van der Waals surface area (Å²) in [6.07, 6.45) is 4.86. The maximum absolute atomic E-state index is 12.9. The van der Waals surface area contributed by atoms with E-state index in [9.17, 15) is 9.50 Å². The zero-order chi connectivity index (χ0) is 12.1. The number of hydrogen-bond donors (Lipinski definition) is 2. The Morgan fingerprint density at radius 2 is 2.06 bits per heavy atom. The van der Waals surface area contributed by atoms with Crippen molar-refractivity contribution in [2.24, 2.45) is 0 Å². The molecule has 0 unspecified atom stereocenters. The van der Waals surface area contributed by atoms with Gasteiger partial charge in [0.1, 0.15) is 5.82 Å². The second-order valence-electron chi connectivity index (χ2n) is 4.99. The van der Waals surface area contributed by atoms with Gasteiger partial charge in [0.2, 0.25) is 0 Å². The van der Waals surface area contributed by atoms with Crippen molar-refractivity contribution in [2.75, 3.05) is 13.1 Å². The molecule has 94 valence electrons. The van der Waals surface area contributed by atoms with Crippen LogP contribution in [0.3, 0.4) is 0 Å². The summed E-state index contributed by atoms with van der Waals surface area (Å²) < 4.78 is 12.9. The van der Waals surface area contributed by atoms with Gasteiger partial charge in [0, 0.05) is 6.54 Å². The van der Waals surface area contributed by atoms with Gasteiger partial charge >= 0.3 is 0 Å². The van der Waals surface area contributed by atoms with Crippen LogP contribution in [-0.4, -0.2) is 23.8 Å². The van der Waals surface area contributed by atoms with Crippen LogP contribution in [0.2, 0.25) is 0 Å². The molecular weight excluding hydrogens is 217 g/mol. The van der Waals surface area contributed by atoms with Gasteiger partial charge in [-0.3, -0.25) is 0 Å². The second-order valence-corrected chi connectivity index (χ2v) is 4.99. The fourth-order valence-electron chi connectivity index (χ4n) is 2.46. The lowest BCUT2D eigenvalue weighted by Gasteiger charge is -2.22. The molecule has 1 aliphatic rings. The number of rotatable bonds is 5. The van der Waals surface area contributed by atoms with Crippen LogP contribution in [0.1, 0.15) is 31.2 Å². The van der Waals surface area contributed by atoms with Crippen molar-refractivity contribution >= 4 is 0 Å². The van der Waals surface area contributed by atoms with Gasteiger partial charge in [0.15, 0.2) is 0 Å². The van der Waals surface area contributed by atoms with Gasteiger partial charge in [-0.25, -0.2) is 4.39 Å². The molecule has 0 bridgehead atoms. The summed E-state index contributed by atoms with van der Waals surface area (Å²) in [6, 6.07) is 6.67. The molecule has 1 fully saturated rings. The van der Waals surface area contributed by atoms with Gasteiger partial charge in [0.05, 0.1) is 5.60 Å². The van der Waals surface area contributed by atoms with Crippen LogP contribution >= 0.6 is 0 Å². The van der Waals surface area contributed by atoms with Crippen LogP contribution in [0.4, 0.5) is 4.39 Å². The maximum atomic E-state index is 12.9. The van der Waals surface area contributed by atoms with Crippen molar-refractivity contribution in [2.45, 2.75) is 37.7 Å². The van der Waals surface area contributed by atoms with E-state index >= 15 is 0 Å². The summed E-state index contributed by atoms with van der Waals surface area (Å²) in [6.45, 7) is 1.44. The Morgan fingerprint density at radius 3 is 2.76 bits per heavy atom. The molecule has 1 aliphatic carbocycles. The van der Waals surface area contributed by atoms with E-state index in [-0.39, 0.29) is 5.82 Å². The maximum Gasteiger partial charge on any atom is 0.123 e. The third-order valence-corrected chi connectivity index (χ3v) is 3.47. The smallest absolute Gasteiger partial charge is 0.123 e. The fourth-order valence-corrected chi connectivity index (χ4v) is 2.46. The quantitative estimate of drug-likeness (QED) is 0.770. The molecule has 3 heteroatoms. The summed E-state index contributed by atoms with van der Waals surface area (Å²) in [7, 11) is 0. The molecule has 0 heterocycles. The highest BCUT2D eigenvalue weighted by atomic mass is 19.1. The third-order valence-electron chi connectivity index (χ3n) is 3.47. The zero-order valence-corrected chi connectivity index (χ0v) is 10.1. The highest BCUT2D eigenvalue weighted by Crippen LogP contribution is 2.28. The summed E-state index contributed by atoms with van der Waals surface area (Å²) in [5.41, 5.74) is 0.498. The van der Waals surface area contributed by atoms with Crippen molar-refractivity contribution in [1.29, 1.82) is 0 Å². The van der Waals surface area contributed by atoms with E-state index < -0.39 is 5.60 Å². The molecule has 17 heavy (non-hydrogen) atoms. The van der Waals surface area contributed by atoms with E-state index in [0.717, 1.165) is 44.2 Å². The van der Waals surface area contributed by atoms with E-state index in [2.05, 4.69) is 5.32 Å². The second kappa shape index (κ2) is 5.61. The van der Waals surface area contributed by atoms with Crippen LogP contribution < -0.4 is 5.32 Å². The van der Waals surface area contributed by atoms with Gasteiger partial charge in [-0.1, -0.05) is 25.0 Å². The van der Waals surface area contributed by atoms with E-state index in [1.54, 1.807) is 12.1 Å². The minimum absolute atomic E-state index is 0.183. The predicted molar refractivity (Wildman–Crippen MR) is 66.4 cm³/mol. The highest BCUT2D eigenvalue weighted by molar-refractivity contribution is 5.16. The van der Waals surface area contributed by atoms with Gasteiger partial charge < -0.3 is 10.4 Å². The van der Waals surface area contributed by atoms with E-state index in [4.69, 9.17) is 0 Å². The molecule has 0 radical (unpaired) electrons. The first kappa shape index (κ1) is 12.5. The van der Waals surface area contributed by atoms with Gasteiger partial charge in [-0.2, -0.15) is 0 Å². The monoisotopic (exact) mass is 237 g/mol. The summed E-state index contributed by atoms with van der Waals surface area (Å²) >= 11 is 0. The zero-order valence-electron chi connectivity index (χ0n) is 10.1. The summed E-state index contributed by atoms with van der Waals surface area (Å²) in [5.74, 6) is -0.183. The average Bonchev–Trinajstić information content (AvgIpc) is 2.72. The van der Waals surface area contributed by atoms with Crippen LogP contribution in [-0.2, 0) is 6.42 Å². The standard InChI is InChI=1S/C14H20FNO/c15-13-5-3-4-12(10-13)6-9-16-11-14(17)7-1-2-8-14/h3-5,10,16-17H,1-2,6-9,11H2. The third kappa shape index (κ3) is 3.79. The molecule has 0 amide bonds. The summed E-state index contributed by atoms with van der Waals surface area (Å²) in [4.78, 5) is 0. The van der Waals surface area contributed by atoms with E-state index in [0.29, 0.717) is 6.54 Å². The Labute approximate surface area is 102 Å². The SMILES string of the molecule is OC1(CNCCc2cccc(F)c2)CCCC1. The van der Waals surface area contributed by atoms with Gasteiger partial charge in [-0.05, 0) is 43.5 Å². The van der Waals surface area contributed by atoms with E-state index in [1.807, 2.05) is 6.07 Å². The Kier molecular flexibility index (Phi) is 4.13. The minimum atomic E-state index is -0.498. The molecule has 2 N–H and O–H groups in total. The molecule has 1 saturated carbocycles. The molecule has 1 aromatic rings. The fraction of sp³-hybridized carbons (Fsp3) is 0.571. The highest BCUT2D eigenvalue weighted by Gasteiger charge is 2.30. The molecule has 1 aromatic carbocycles. The molecule has 2 nitrogen and oxygen atoms in total. The van der Waals surface area contributed by atoms with E-state index in [1.165, 1.54) is 6.07 Å². The Balaban J connectivity index is 1.69. The van der Waals surface area contributed by atoms with Crippen molar-refractivity contribution in [3.63, 3.8) is 0 Å². The molecule has 0 spiro atoms. The number of halogens is 1. The number of hydrogen-bond acceptors (Lipinski definition) is 2. The topological polar surface area (TPSA) is 32.3 Å². The first-order chi connectivity index (χ1) is 8.18. The predicted octanol–water partition coefficient (Wildman–Crippen LogP) is 2.26. The normalized spacial score (nSPS) is 18.5. The number of benzene rings is 1. The summed E-state index contributed by atoms with van der Waals surface area (Å²) in [5, 5.41) is 13.4. The van der Waals surface area contributed by atoms with Crippen molar-refractivity contribution < 1.29 is 9.50 Å².